The van der Waals surface area contributed by atoms with Crippen LogP contribution >= 0.6 is 0 Å². The molecule has 0 aromatic heterocycles. The van der Waals surface area contributed by atoms with Crippen molar-refractivity contribution in [2.45, 2.75) is 40.2 Å². The van der Waals surface area contributed by atoms with E-state index in [1.807, 2.05) is 32.9 Å². The van der Waals surface area contributed by atoms with Gasteiger partial charge in [-0.05, 0) is 42.5 Å². The van der Waals surface area contributed by atoms with Crippen molar-refractivity contribution in [3.63, 3.8) is 0 Å². The number of benzene rings is 1. The van der Waals surface area contributed by atoms with Crippen molar-refractivity contribution in [3.05, 3.63) is 90.3 Å². The normalized spacial score (nSPS) is 15.3. The highest BCUT2D eigenvalue weighted by Gasteiger charge is 2.17. The molecule has 2 rings (SSSR count). The van der Waals surface area contributed by atoms with Gasteiger partial charge in [-0.3, -0.25) is 0 Å². The lowest BCUT2D eigenvalue weighted by Crippen LogP contribution is -1.92. The second kappa shape index (κ2) is 10.4. The predicted molar refractivity (Wildman–Crippen MR) is 102 cm³/mol. The van der Waals surface area contributed by atoms with E-state index in [0.29, 0.717) is 6.61 Å². The highest BCUT2D eigenvalue weighted by atomic mass is 16.5. The number of ether oxygens (including phenoxy) is 1. The van der Waals surface area contributed by atoms with E-state index >= 15 is 0 Å². The van der Waals surface area contributed by atoms with Crippen LogP contribution in [0.3, 0.4) is 0 Å². The topological polar surface area (TPSA) is 9.23 Å². The molecule has 0 saturated carbocycles. The fourth-order valence-corrected chi connectivity index (χ4v) is 2.51. The number of hydrogen-bond donors (Lipinski definition) is 0. The Morgan fingerprint density at radius 3 is 2.48 bits per heavy atom. The van der Waals surface area contributed by atoms with E-state index in [1.165, 1.54) is 16.7 Å². The molecule has 1 heterocycles. The summed E-state index contributed by atoms with van der Waals surface area (Å²) in [5.74, 6) is 0.804. The van der Waals surface area contributed by atoms with E-state index in [1.54, 1.807) is 6.08 Å². The van der Waals surface area contributed by atoms with Gasteiger partial charge in [0.1, 0.15) is 12.4 Å². The number of rotatable bonds is 5. The number of fused-ring (bicyclic) bond motifs is 1. The second-order valence-corrected chi connectivity index (χ2v) is 4.90. The third-order valence-electron chi connectivity index (χ3n) is 3.55. The molecule has 23 heavy (non-hydrogen) atoms. The summed E-state index contributed by atoms with van der Waals surface area (Å²) < 4.78 is 5.88. The molecule has 1 aromatic carbocycles. The Kier molecular flexibility index (Phi) is 8.52. The zero-order valence-electron chi connectivity index (χ0n) is 14.6. The summed E-state index contributed by atoms with van der Waals surface area (Å²) in [5.41, 5.74) is 4.64. The second-order valence-electron chi connectivity index (χ2n) is 4.90. The molecule has 0 radical (unpaired) electrons. The third-order valence-corrected chi connectivity index (χ3v) is 3.55. The van der Waals surface area contributed by atoms with Crippen LogP contribution in [0.25, 0.3) is 5.57 Å². The summed E-state index contributed by atoms with van der Waals surface area (Å²) in [6, 6.07) is 8.38. The average Bonchev–Trinajstić information content (AvgIpc) is 2.77. The van der Waals surface area contributed by atoms with Crippen molar-refractivity contribution in [2.75, 3.05) is 0 Å². The van der Waals surface area contributed by atoms with Crippen LogP contribution in [0.15, 0.2) is 79.1 Å². The van der Waals surface area contributed by atoms with Gasteiger partial charge in [-0.2, -0.15) is 0 Å². The first-order valence-corrected chi connectivity index (χ1v) is 8.33. The average molecular weight is 308 g/mol. The first kappa shape index (κ1) is 18.8. The maximum absolute atomic E-state index is 5.88. The van der Waals surface area contributed by atoms with Gasteiger partial charge in [0.2, 0.25) is 0 Å². The van der Waals surface area contributed by atoms with Crippen LogP contribution in [0.2, 0.25) is 0 Å². The van der Waals surface area contributed by atoms with Crippen molar-refractivity contribution in [3.8, 4) is 0 Å². The minimum absolute atomic E-state index is 0.571. The van der Waals surface area contributed by atoms with E-state index in [9.17, 15) is 0 Å². The Bertz CT molecular complexity index is 615. The van der Waals surface area contributed by atoms with Gasteiger partial charge in [-0.1, -0.05) is 75.6 Å². The SMILES string of the molecule is C=CC1=C(C=C)/C(=C/CC/C=C/C)c2ccccc2CO1.CC. The molecule has 122 valence electrons. The molecule has 0 N–H and O–H groups in total. The molecule has 0 atom stereocenters. The fourth-order valence-electron chi connectivity index (χ4n) is 2.51. The molecule has 0 unspecified atom stereocenters. The summed E-state index contributed by atoms with van der Waals surface area (Å²) >= 11 is 0. The summed E-state index contributed by atoms with van der Waals surface area (Å²) in [5, 5.41) is 0. The minimum atomic E-state index is 0.571. The van der Waals surface area contributed by atoms with Crippen molar-refractivity contribution < 1.29 is 4.74 Å². The van der Waals surface area contributed by atoms with Gasteiger partial charge in [0.15, 0.2) is 0 Å². The maximum atomic E-state index is 5.88. The molecular formula is C22H28O. The van der Waals surface area contributed by atoms with Crippen LogP contribution in [0, 0.1) is 0 Å². The van der Waals surface area contributed by atoms with Crippen LogP contribution in [-0.4, -0.2) is 0 Å². The molecule has 0 aliphatic carbocycles. The van der Waals surface area contributed by atoms with E-state index in [4.69, 9.17) is 4.74 Å². The largest absolute Gasteiger partial charge is 0.488 e. The van der Waals surface area contributed by atoms with Crippen LogP contribution < -0.4 is 0 Å². The highest BCUT2D eigenvalue weighted by molar-refractivity contribution is 5.84. The smallest absolute Gasteiger partial charge is 0.127 e. The zero-order chi connectivity index (χ0) is 17.1. The van der Waals surface area contributed by atoms with Gasteiger partial charge >= 0.3 is 0 Å². The fraction of sp³-hybridized carbons (Fsp3) is 0.273. The lowest BCUT2D eigenvalue weighted by molar-refractivity contribution is 0.211. The van der Waals surface area contributed by atoms with Crippen molar-refractivity contribution in [2.24, 2.45) is 0 Å². The summed E-state index contributed by atoms with van der Waals surface area (Å²) in [7, 11) is 0. The van der Waals surface area contributed by atoms with Crippen molar-refractivity contribution in [1.82, 2.24) is 0 Å². The van der Waals surface area contributed by atoms with Crippen LogP contribution in [0.1, 0.15) is 44.7 Å². The number of hydrogen-bond acceptors (Lipinski definition) is 1. The Hall–Kier alpha value is -2.28. The van der Waals surface area contributed by atoms with Crippen molar-refractivity contribution in [1.29, 1.82) is 0 Å². The summed E-state index contributed by atoms with van der Waals surface area (Å²) in [4.78, 5) is 0. The van der Waals surface area contributed by atoms with Gasteiger partial charge in [-0.15, -0.1) is 0 Å². The lowest BCUT2D eigenvalue weighted by atomic mass is 9.92. The Morgan fingerprint density at radius 2 is 1.83 bits per heavy atom. The molecule has 0 bridgehead atoms. The third kappa shape index (κ3) is 4.85. The highest BCUT2D eigenvalue weighted by Crippen LogP contribution is 2.34. The number of unbranched alkanes of at least 4 members (excludes halogenated alkanes) is 1. The quantitative estimate of drug-likeness (QED) is 0.439. The molecule has 0 saturated heterocycles. The molecule has 1 aliphatic heterocycles. The summed E-state index contributed by atoms with van der Waals surface area (Å²) in [6.07, 6.45) is 12.2. The van der Waals surface area contributed by atoms with E-state index in [-0.39, 0.29) is 0 Å². The maximum Gasteiger partial charge on any atom is 0.127 e. The van der Waals surface area contributed by atoms with E-state index in [0.717, 1.165) is 24.2 Å². The molecule has 1 nitrogen and oxygen atoms in total. The molecule has 0 spiro atoms. The molecule has 0 amide bonds. The molecular weight excluding hydrogens is 280 g/mol. The van der Waals surface area contributed by atoms with Crippen molar-refractivity contribution >= 4 is 5.57 Å². The molecule has 1 heteroatoms. The molecule has 1 aliphatic rings. The monoisotopic (exact) mass is 308 g/mol. The van der Waals surface area contributed by atoms with Gasteiger partial charge < -0.3 is 4.74 Å². The molecule has 1 aromatic rings. The standard InChI is InChI=1S/C20H22O.C2H6/c1-4-7-8-9-14-19-17(5-2)20(6-3)21-15-16-12-10-11-13-18(16)19;1-2/h4-7,10-14H,2-3,8-9,15H2,1H3;1-2H3/b7-4+,19-14-;. The van der Waals surface area contributed by atoms with Crippen LogP contribution in [0.5, 0.6) is 0 Å². The Morgan fingerprint density at radius 1 is 1.09 bits per heavy atom. The first-order chi connectivity index (χ1) is 11.3. The minimum Gasteiger partial charge on any atom is -0.488 e. The van der Waals surface area contributed by atoms with Crippen LogP contribution in [-0.2, 0) is 11.3 Å². The summed E-state index contributed by atoms with van der Waals surface area (Å²) in [6.45, 7) is 14.4. The lowest BCUT2D eigenvalue weighted by Gasteiger charge is -2.10. The van der Waals surface area contributed by atoms with Gasteiger partial charge in [0.25, 0.3) is 0 Å². The van der Waals surface area contributed by atoms with Crippen LogP contribution in [0.4, 0.5) is 0 Å². The van der Waals surface area contributed by atoms with E-state index in [2.05, 4.69) is 49.6 Å². The molecule has 0 fully saturated rings. The number of allylic oxidation sites excluding steroid dienone is 7. The Balaban J connectivity index is 0.00000127. The van der Waals surface area contributed by atoms with E-state index < -0.39 is 0 Å². The van der Waals surface area contributed by atoms with Gasteiger partial charge in [-0.25, -0.2) is 0 Å². The first-order valence-electron chi connectivity index (χ1n) is 8.33. The zero-order valence-corrected chi connectivity index (χ0v) is 14.6. The van der Waals surface area contributed by atoms with Gasteiger partial charge in [0, 0.05) is 5.57 Å². The predicted octanol–water partition coefficient (Wildman–Crippen LogP) is 6.61. The Labute approximate surface area is 141 Å². The van der Waals surface area contributed by atoms with Gasteiger partial charge in [0.05, 0.1) is 0 Å².